The van der Waals surface area contributed by atoms with E-state index in [1.165, 1.54) is 17.0 Å². The van der Waals surface area contributed by atoms with Crippen molar-refractivity contribution in [3.8, 4) is 5.75 Å². The summed E-state index contributed by atoms with van der Waals surface area (Å²) < 4.78 is 40.6. The van der Waals surface area contributed by atoms with Gasteiger partial charge >= 0.3 is 12.3 Å². The lowest BCUT2D eigenvalue weighted by atomic mass is 10.1. The number of thioether (sulfide) groups is 1. The van der Waals surface area contributed by atoms with Crippen molar-refractivity contribution >= 4 is 23.6 Å². The highest BCUT2D eigenvalue weighted by atomic mass is 32.2. The van der Waals surface area contributed by atoms with Gasteiger partial charge in [-0.1, -0.05) is 12.1 Å². The van der Waals surface area contributed by atoms with E-state index in [2.05, 4.69) is 4.74 Å². The molecule has 1 unspecified atom stereocenters. The average molecular weight is 363 g/mol. The highest BCUT2D eigenvalue weighted by Crippen LogP contribution is 2.24. The van der Waals surface area contributed by atoms with Crippen LogP contribution in [0.2, 0.25) is 0 Å². The van der Waals surface area contributed by atoms with Gasteiger partial charge < -0.3 is 14.7 Å². The first kappa shape index (κ1) is 18.4. The van der Waals surface area contributed by atoms with Gasteiger partial charge in [0, 0.05) is 18.1 Å². The van der Waals surface area contributed by atoms with Crippen LogP contribution in [0.15, 0.2) is 24.3 Å². The van der Waals surface area contributed by atoms with E-state index >= 15 is 0 Å². The molecule has 1 aliphatic heterocycles. The molecule has 0 radical (unpaired) electrons. The SMILES string of the molecule is O=C(O)CC1CSCCN1C(=O)Cc1cccc(OC(F)(F)F)c1. The third-order valence-electron chi connectivity index (χ3n) is 3.45. The van der Waals surface area contributed by atoms with Crippen LogP contribution in [-0.4, -0.2) is 52.3 Å². The molecular weight excluding hydrogens is 347 g/mol. The number of carboxylic acid groups (broad SMARTS) is 1. The van der Waals surface area contributed by atoms with E-state index in [0.717, 1.165) is 12.1 Å². The number of carboxylic acids is 1. The Kier molecular flexibility index (Phi) is 5.98. The molecule has 0 aliphatic carbocycles. The molecule has 1 heterocycles. The maximum absolute atomic E-state index is 12.4. The predicted molar refractivity (Wildman–Crippen MR) is 81.9 cm³/mol. The maximum atomic E-state index is 12.4. The number of benzene rings is 1. The van der Waals surface area contributed by atoms with E-state index in [0.29, 0.717) is 23.6 Å². The number of alkyl halides is 3. The second-order valence-corrected chi connectivity index (χ2v) is 6.44. The number of hydrogen-bond acceptors (Lipinski definition) is 4. The Hall–Kier alpha value is -1.90. The van der Waals surface area contributed by atoms with Crippen molar-refractivity contribution < 1.29 is 32.6 Å². The number of amides is 1. The van der Waals surface area contributed by atoms with Crippen LogP contribution in [0.1, 0.15) is 12.0 Å². The molecule has 1 fully saturated rings. The van der Waals surface area contributed by atoms with Crippen LogP contribution in [0.4, 0.5) is 13.2 Å². The fourth-order valence-corrected chi connectivity index (χ4v) is 3.54. The van der Waals surface area contributed by atoms with Crippen molar-refractivity contribution in [3.63, 3.8) is 0 Å². The molecule has 0 saturated carbocycles. The molecule has 1 amide bonds. The highest BCUT2D eigenvalue weighted by Gasteiger charge is 2.31. The lowest BCUT2D eigenvalue weighted by Gasteiger charge is -2.34. The number of halogens is 3. The van der Waals surface area contributed by atoms with E-state index in [1.54, 1.807) is 11.8 Å². The fraction of sp³-hybridized carbons (Fsp3) is 0.467. The molecular formula is C15H16F3NO4S. The normalized spacial score (nSPS) is 18.3. The number of rotatable bonds is 5. The molecule has 0 aromatic heterocycles. The standard InChI is InChI=1S/C15H16F3NO4S/c16-15(17,18)23-12-3-1-2-10(6-12)7-13(20)19-4-5-24-9-11(19)8-14(21)22/h1-3,6,11H,4-5,7-9H2,(H,21,22). The molecule has 0 spiro atoms. The molecule has 1 atom stereocenters. The first-order valence-corrected chi connectivity index (χ1v) is 8.34. The number of ether oxygens (including phenoxy) is 1. The van der Waals surface area contributed by atoms with Crippen LogP contribution in [0.25, 0.3) is 0 Å². The third-order valence-corrected chi connectivity index (χ3v) is 4.54. The molecule has 1 aromatic rings. The van der Waals surface area contributed by atoms with Crippen molar-refractivity contribution in [1.82, 2.24) is 4.90 Å². The van der Waals surface area contributed by atoms with Gasteiger partial charge in [-0.15, -0.1) is 13.2 Å². The minimum atomic E-state index is -4.79. The van der Waals surface area contributed by atoms with Gasteiger partial charge in [0.1, 0.15) is 5.75 Å². The zero-order valence-electron chi connectivity index (χ0n) is 12.6. The van der Waals surface area contributed by atoms with E-state index < -0.39 is 18.4 Å². The smallest absolute Gasteiger partial charge is 0.481 e. The second-order valence-electron chi connectivity index (χ2n) is 5.29. The highest BCUT2D eigenvalue weighted by molar-refractivity contribution is 7.99. The summed E-state index contributed by atoms with van der Waals surface area (Å²) in [7, 11) is 0. The molecule has 132 valence electrons. The van der Waals surface area contributed by atoms with Gasteiger partial charge in [-0.05, 0) is 17.7 Å². The number of carbonyl (C=O) groups excluding carboxylic acids is 1. The molecule has 1 aromatic carbocycles. The van der Waals surface area contributed by atoms with Gasteiger partial charge in [0.15, 0.2) is 0 Å². The Morgan fingerprint density at radius 3 is 2.79 bits per heavy atom. The molecule has 24 heavy (non-hydrogen) atoms. The number of aliphatic carboxylic acids is 1. The summed E-state index contributed by atoms with van der Waals surface area (Å²) in [4.78, 5) is 24.8. The second kappa shape index (κ2) is 7.78. The number of carbonyl (C=O) groups is 2. The van der Waals surface area contributed by atoms with Crippen molar-refractivity contribution in [3.05, 3.63) is 29.8 Å². The average Bonchev–Trinajstić information content (AvgIpc) is 2.45. The summed E-state index contributed by atoms with van der Waals surface area (Å²) in [5.41, 5.74) is 0.383. The van der Waals surface area contributed by atoms with Crippen molar-refractivity contribution in [2.45, 2.75) is 25.2 Å². The number of hydrogen-bond donors (Lipinski definition) is 1. The lowest BCUT2D eigenvalue weighted by Crippen LogP contribution is -2.47. The minimum Gasteiger partial charge on any atom is -0.481 e. The molecule has 5 nitrogen and oxygen atoms in total. The summed E-state index contributed by atoms with van der Waals surface area (Å²) >= 11 is 1.58. The Balaban J connectivity index is 2.05. The predicted octanol–water partition coefficient (Wildman–Crippen LogP) is 2.55. The van der Waals surface area contributed by atoms with Crippen molar-refractivity contribution in [1.29, 1.82) is 0 Å². The van der Waals surface area contributed by atoms with Gasteiger partial charge in [0.25, 0.3) is 0 Å². The van der Waals surface area contributed by atoms with Crippen LogP contribution >= 0.6 is 11.8 Å². The van der Waals surface area contributed by atoms with Crippen LogP contribution in [0, 0.1) is 0 Å². The van der Waals surface area contributed by atoms with Crippen LogP contribution < -0.4 is 4.74 Å². The van der Waals surface area contributed by atoms with Crippen LogP contribution in [-0.2, 0) is 16.0 Å². The van der Waals surface area contributed by atoms with Crippen LogP contribution in [0.5, 0.6) is 5.75 Å². The molecule has 2 rings (SSSR count). The van der Waals surface area contributed by atoms with Crippen LogP contribution in [0.3, 0.4) is 0 Å². The van der Waals surface area contributed by atoms with E-state index in [-0.39, 0.29) is 24.5 Å². The molecule has 1 saturated heterocycles. The largest absolute Gasteiger partial charge is 0.573 e. The van der Waals surface area contributed by atoms with E-state index in [9.17, 15) is 22.8 Å². The summed E-state index contributed by atoms with van der Waals surface area (Å²) in [5.74, 6) is -0.426. The van der Waals surface area contributed by atoms with Gasteiger partial charge in [-0.25, -0.2) is 0 Å². The Labute approximate surface area is 140 Å². The van der Waals surface area contributed by atoms with Crippen molar-refractivity contribution in [2.24, 2.45) is 0 Å². The fourth-order valence-electron chi connectivity index (χ4n) is 2.48. The zero-order valence-corrected chi connectivity index (χ0v) is 13.4. The third kappa shape index (κ3) is 5.63. The maximum Gasteiger partial charge on any atom is 0.573 e. The van der Waals surface area contributed by atoms with E-state index in [1.807, 2.05) is 0 Å². The quantitative estimate of drug-likeness (QED) is 0.871. The topological polar surface area (TPSA) is 66.8 Å². The molecule has 9 heteroatoms. The zero-order chi connectivity index (χ0) is 17.7. The first-order chi connectivity index (χ1) is 11.2. The van der Waals surface area contributed by atoms with Gasteiger partial charge in [0.2, 0.25) is 5.91 Å². The summed E-state index contributed by atoms with van der Waals surface area (Å²) in [5, 5.41) is 8.93. The van der Waals surface area contributed by atoms with E-state index in [4.69, 9.17) is 5.11 Å². The minimum absolute atomic E-state index is 0.101. The molecule has 0 bridgehead atoms. The monoisotopic (exact) mass is 363 g/mol. The molecule has 1 aliphatic rings. The van der Waals surface area contributed by atoms with Gasteiger partial charge in [-0.3, -0.25) is 9.59 Å². The summed E-state index contributed by atoms with van der Waals surface area (Å²) in [6, 6.07) is 4.84. The summed E-state index contributed by atoms with van der Waals surface area (Å²) in [6.45, 7) is 0.431. The van der Waals surface area contributed by atoms with Gasteiger partial charge in [0.05, 0.1) is 18.9 Å². The number of nitrogens with zero attached hydrogens (tertiary/aromatic N) is 1. The van der Waals surface area contributed by atoms with Crippen molar-refractivity contribution in [2.75, 3.05) is 18.1 Å². The Morgan fingerprint density at radius 1 is 1.38 bits per heavy atom. The Morgan fingerprint density at radius 2 is 2.12 bits per heavy atom. The Bertz CT molecular complexity index is 609. The summed E-state index contributed by atoms with van der Waals surface area (Å²) in [6.07, 6.45) is -5.04. The lowest BCUT2D eigenvalue weighted by molar-refractivity contribution is -0.274. The molecule has 1 N–H and O–H groups in total. The first-order valence-electron chi connectivity index (χ1n) is 7.18. The van der Waals surface area contributed by atoms with Gasteiger partial charge in [-0.2, -0.15) is 11.8 Å².